The number of amides is 1. The van der Waals surface area contributed by atoms with Gasteiger partial charge in [-0.05, 0) is 18.4 Å². The topological polar surface area (TPSA) is 78.9 Å². The Morgan fingerprint density at radius 1 is 1.35 bits per heavy atom. The van der Waals surface area contributed by atoms with Crippen molar-refractivity contribution in [3.05, 3.63) is 35.9 Å². The van der Waals surface area contributed by atoms with Crippen molar-refractivity contribution in [2.75, 3.05) is 7.05 Å². The molecule has 1 aromatic carbocycles. The van der Waals surface area contributed by atoms with E-state index in [1.54, 1.807) is 11.9 Å². The summed E-state index contributed by atoms with van der Waals surface area (Å²) in [6, 6.07) is 9.47. The molecule has 1 amide bonds. The lowest BCUT2D eigenvalue weighted by Crippen LogP contribution is -2.42. The van der Waals surface area contributed by atoms with Gasteiger partial charge in [-0.2, -0.15) is 0 Å². The molecule has 1 aliphatic rings. The first kappa shape index (κ1) is 14.4. The van der Waals surface area contributed by atoms with Gasteiger partial charge in [0.25, 0.3) is 0 Å². The summed E-state index contributed by atoms with van der Waals surface area (Å²) in [6.07, 6.45) is 4.36. The highest BCUT2D eigenvalue weighted by Gasteiger charge is 2.32. The van der Waals surface area contributed by atoms with Crippen LogP contribution in [0, 0.1) is 0 Å². The van der Waals surface area contributed by atoms with Crippen LogP contribution in [0.5, 0.6) is 0 Å². The van der Waals surface area contributed by atoms with E-state index < -0.39 is 5.92 Å². The molecular formula is C15H21N3O2. The second-order valence-electron chi connectivity index (χ2n) is 5.26. The minimum atomic E-state index is -0.716. The summed E-state index contributed by atoms with van der Waals surface area (Å²) in [5.74, 6) is -0.892. The second-order valence-corrected chi connectivity index (χ2v) is 5.26. The molecule has 1 atom stereocenters. The summed E-state index contributed by atoms with van der Waals surface area (Å²) in [5, 5.41) is 12.0. The lowest BCUT2D eigenvalue weighted by atomic mass is 9.96. The number of oxime groups is 1. The van der Waals surface area contributed by atoms with Crippen LogP contribution in [0.4, 0.5) is 0 Å². The van der Waals surface area contributed by atoms with Crippen LogP contribution in [-0.2, 0) is 4.79 Å². The van der Waals surface area contributed by atoms with Crippen molar-refractivity contribution in [1.82, 2.24) is 4.90 Å². The molecule has 0 spiro atoms. The molecule has 1 aromatic rings. The molecule has 5 heteroatoms. The van der Waals surface area contributed by atoms with Crippen LogP contribution < -0.4 is 5.73 Å². The zero-order valence-electron chi connectivity index (χ0n) is 11.7. The first-order chi connectivity index (χ1) is 9.65. The van der Waals surface area contributed by atoms with Gasteiger partial charge >= 0.3 is 0 Å². The molecule has 5 nitrogen and oxygen atoms in total. The van der Waals surface area contributed by atoms with Crippen molar-refractivity contribution in [3.63, 3.8) is 0 Å². The molecule has 1 saturated carbocycles. The van der Waals surface area contributed by atoms with E-state index in [0.29, 0.717) is 0 Å². The van der Waals surface area contributed by atoms with Gasteiger partial charge in [0.2, 0.25) is 5.91 Å². The first-order valence-electron chi connectivity index (χ1n) is 6.94. The number of benzene rings is 1. The molecule has 0 radical (unpaired) electrons. The van der Waals surface area contributed by atoms with Crippen LogP contribution in [-0.4, -0.2) is 34.9 Å². The van der Waals surface area contributed by atoms with Crippen LogP contribution >= 0.6 is 0 Å². The molecule has 1 unspecified atom stereocenters. The van der Waals surface area contributed by atoms with E-state index in [2.05, 4.69) is 5.16 Å². The summed E-state index contributed by atoms with van der Waals surface area (Å²) in [4.78, 5) is 14.4. The Labute approximate surface area is 119 Å². The third kappa shape index (κ3) is 2.92. The standard InChI is InChI=1S/C15H21N3O2/c1-18(12-9-5-6-10-12)15(19)13(14(16)17-20)11-7-3-2-4-8-11/h2-4,7-8,12-13,20H,5-6,9-10H2,1H3,(H2,16,17). The molecule has 0 heterocycles. The molecule has 0 aliphatic heterocycles. The highest BCUT2D eigenvalue weighted by molar-refractivity contribution is 6.07. The quantitative estimate of drug-likeness (QED) is 0.381. The first-order valence-corrected chi connectivity index (χ1v) is 6.94. The number of amidine groups is 1. The lowest BCUT2D eigenvalue weighted by Gasteiger charge is -2.28. The fourth-order valence-corrected chi connectivity index (χ4v) is 2.82. The van der Waals surface area contributed by atoms with E-state index in [4.69, 9.17) is 10.9 Å². The Morgan fingerprint density at radius 2 is 1.95 bits per heavy atom. The van der Waals surface area contributed by atoms with Gasteiger partial charge < -0.3 is 15.8 Å². The van der Waals surface area contributed by atoms with Gasteiger partial charge in [0.1, 0.15) is 5.92 Å². The van der Waals surface area contributed by atoms with E-state index in [0.717, 1.165) is 31.2 Å². The van der Waals surface area contributed by atoms with E-state index in [9.17, 15) is 4.79 Å². The summed E-state index contributed by atoms with van der Waals surface area (Å²) >= 11 is 0. The Balaban J connectivity index is 2.25. The number of nitrogens with zero attached hydrogens (tertiary/aromatic N) is 2. The van der Waals surface area contributed by atoms with Crippen molar-refractivity contribution in [2.24, 2.45) is 10.9 Å². The molecule has 0 saturated heterocycles. The lowest BCUT2D eigenvalue weighted by molar-refractivity contribution is -0.132. The maximum atomic E-state index is 12.7. The average molecular weight is 275 g/mol. The van der Waals surface area contributed by atoms with Crippen molar-refractivity contribution in [2.45, 2.75) is 37.6 Å². The van der Waals surface area contributed by atoms with E-state index in [1.165, 1.54) is 0 Å². The van der Waals surface area contributed by atoms with Gasteiger partial charge in [0.05, 0.1) is 0 Å². The maximum Gasteiger partial charge on any atom is 0.237 e. The molecule has 1 aliphatic carbocycles. The number of rotatable bonds is 4. The molecule has 20 heavy (non-hydrogen) atoms. The summed E-state index contributed by atoms with van der Waals surface area (Å²) in [7, 11) is 1.80. The highest BCUT2D eigenvalue weighted by Crippen LogP contribution is 2.26. The molecule has 0 aromatic heterocycles. The Hall–Kier alpha value is -2.04. The number of hydrogen-bond acceptors (Lipinski definition) is 3. The smallest absolute Gasteiger partial charge is 0.237 e. The molecular weight excluding hydrogens is 254 g/mol. The maximum absolute atomic E-state index is 12.7. The van der Waals surface area contributed by atoms with Crippen LogP contribution in [0.15, 0.2) is 35.5 Å². The zero-order valence-corrected chi connectivity index (χ0v) is 11.7. The van der Waals surface area contributed by atoms with Gasteiger partial charge in [0.15, 0.2) is 5.84 Å². The molecule has 3 N–H and O–H groups in total. The van der Waals surface area contributed by atoms with Crippen LogP contribution in [0.25, 0.3) is 0 Å². The van der Waals surface area contributed by atoms with E-state index in [-0.39, 0.29) is 17.8 Å². The van der Waals surface area contributed by atoms with Crippen molar-refractivity contribution >= 4 is 11.7 Å². The monoisotopic (exact) mass is 275 g/mol. The second kappa shape index (κ2) is 6.41. The Kier molecular flexibility index (Phi) is 4.61. The number of likely N-dealkylation sites (N-methyl/N-ethyl adjacent to an activating group) is 1. The summed E-state index contributed by atoms with van der Waals surface area (Å²) < 4.78 is 0. The third-order valence-electron chi connectivity index (χ3n) is 4.01. The van der Waals surface area contributed by atoms with Crippen molar-refractivity contribution in [3.8, 4) is 0 Å². The zero-order chi connectivity index (χ0) is 14.5. The average Bonchev–Trinajstić information content (AvgIpc) is 3.01. The van der Waals surface area contributed by atoms with Gasteiger partial charge in [0, 0.05) is 13.1 Å². The number of nitrogens with two attached hydrogens (primary N) is 1. The largest absolute Gasteiger partial charge is 0.409 e. The molecule has 1 fully saturated rings. The van der Waals surface area contributed by atoms with Crippen LogP contribution in [0.1, 0.15) is 37.2 Å². The Bertz CT molecular complexity index is 481. The predicted octanol–water partition coefficient (Wildman–Crippen LogP) is 1.92. The molecule has 2 rings (SSSR count). The van der Waals surface area contributed by atoms with Crippen molar-refractivity contribution < 1.29 is 10.0 Å². The highest BCUT2D eigenvalue weighted by atomic mass is 16.4. The van der Waals surface area contributed by atoms with Crippen LogP contribution in [0.2, 0.25) is 0 Å². The molecule has 0 bridgehead atoms. The third-order valence-corrected chi connectivity index (χ3v) is 4.01. The van der Waals surface area contributed by atoms with E-state index >= 15 is 0 Å². The van der Waals surface area contributed by atoms with Gasteiger partial charge in [-0.25, -0.2) is 0 Å². The van der Waals surface area contributed by atoms with Gasteiger partial charge in [-0.15, -0.1) is 0 Å². The fraction of sp³-hybridized carbons (Fsp3) is 0.467. The minimum absolute atomic E-state index is 0.0638. The molecule has 108 valence electrons. The number of carbonyl (C=O) groups excluding carboxylic acids is 1. The summed E-state index contributed by atoms with van der Waals surface area (Å²) in [5.41, 5.74) is 6.49. The van der Waals surface area contributed by atoms with Crippen molar-refractivity contribution in [1.29, 1.82) is 0 Å². The normalized spacial score (nSPS) is 17.9. The van der Waals surface area contributed by atoms with Gasteiger partial charge in [-0.3, -0.25) is 4.79 Å². The summed E-state index contributed by atoms with van der Waals surface area (Å²) in [6.45, 7) is 0. The predicted molar refractivity (Wildman–Crippen MR) is 77.6 cm³/mol. The fourth-order valence-electron chi connectivity index (χ4n) is 2.82. The SMILES string of the molecule is CN(C(=O)C(C(N)=NO)c1ccccc1)C1CCCC1. The Morgan fingerprint density at radius 3 is 2.50 bits per heavy atom. The van der Waals surface area contributed by atoms with E-state index in [1.807, 2.05) is 30.3 Å². The minimum Gasteiger partial charge on any atom is -0.409 e. The van der Waals surface area contributed by atoms with Crippen LogP contribution in [0.3, 0.4) is 0 Å². The number of hydrogen-bond donors (Lipinski definition) is 2. The number of carbonyl (C=O) groups is 1. The van der Waals surface area contributed by atoms with Gasteiger partial charge in [-0.1, -0.05) is 48.3 Å².